The zero-order chi connectivity index (χ0) is 15.4. The van der Waals surface area contributed by atoms with Gasteiger partial charge in [0.2, 0.25) is 5.90 Å². The Labute approximate surface area is 134 Å². The minimum absolute atomic E-state index is 0.164. The molecule has 1 atom stereocenters. The Morgan fingerprint density at radius 2 is 1.82 bits per heavy atom. The molecule has 0 radical (unpaired) electrons. The first kappa shape index (κ1) is 16.1. The molecule has 0 aromatic carbocycles. The van der Waals surface area contributed by atoms with Crippen molar-refractivity contribution in [3.8, 4) is 0 Å². The highest BCUT2D eigenvalue weighted by atomic mass is 16.7. The molecule has 5 heteroatoms. The Balaban J connectivity index is 1.47. The summed E-state index contributed by atoms with van der Waals surface area (Å²) in [4.78, 5) is 10.3. The van der Waals surface area contributed by atoms with Crippen molar-refractivity contribution in [1.29, 1.82) is 0 Å². The van der Waals surface area contributed by atoms with E-state index in [2.05, 4.69) is 29.1 Å². The van der Waals surface area contributed by atoms with Crippen molar-refractivity contribution in [2.45, 2.75) is 57.1 Å². The van der Waals surface area contributed by atoms with Gasteiger partial charge in [-0.05, 0) is 65.7 Å². The second-order valence-electron chi connectivity index (χ2n) is 7.30. The van der Waals surface area contributed by atoms with Gasteiger partial charge >= 0.3 is 0 Å². The molecule has 1 aliphatic carbocycles. The molecule has 126 valence electrons. The van der Waals surface area contributed by atoms with E-state index in [1.165, 1.54) is 58.0 Å². The SMILES string of the molecule is CN(C)C1CCC(C2=NOC[C@@H](CN3CCCCC3)O2)CC1. The van der Waals surface area contributed by atoms with Gasteiger partial charge in [0.1, 0.15) is 6.10 Å². The van der Waals surface area contributed by atoms with E-state index in [0.717, 1.165) is 12.4 Å². The summed E-state index contributed by atoms with van der Waals surface area (Å²) in [6.07, 6.45) is 8.99. The Morgan fingerprint density at radius 1 is 1.09 bits per heavy atom. The third kappa shape index (κ3) is 4.13. The van der Waals surface area contributed by atoms with Gasteiger partial charge in [-0.3, -0.25) is 4.90 Å². The van der Waals surface area contributed by atoms with Gasteiger partial charge in [0.25, 0.3) is 0 Å². The lowest BCUT2D eigenvalue weighted by Gasteiger charge is -2.36. The molecule has 1 saturated carbocycles. The molecular weight excluding hydrogens is 278 g/mol. The summed E-state index contributed by atoms with van der Waals surface area (Å²) in [6, 6.07) is 0.713. The lowest BCUT2D eigenvalue weighted by molar-refractivity contribution is -0.0172. The third-order valence-corrected chi connectivity index (χ3v) is 5.39. The lowest BCUT2D eigenvalue weighted by Crippen LogP contribution is -2.43. The van der Waals surface area contributed by atoms with Crippen molar-refractivity contribution in [3.05, 3.63) is 0 Å². The number of nitrogens with zero attached hydrogens (tertiary/aromatic N) is 3. The van der Waals surface area contributed by atoms with Crippen LogP contribution in [0.1, 0.15) is 44.9 Å². The maximum Gasteiger partial charge on any atom is 0.229 e. The second kappa shape index (κ2) is 7.64. The highest BCUT2D eigenvalue weighted by Crippen LogP contribution is 2.29. The number of oxime groups is 1. The van der Waals surface area contributed by atoms with Crippen molar-refractivity contribution in [2.24, 2.45) is 11.1 Å². The molecule has 5 nitrogen and oxygen atoms in total. The van der Waals surface area contributed by atoms with E-state index in [0.29, 0.717) is 18.6 Å². The zero-order valence-electron chi connectivity index (χ0n) is 14.2. The van der Waals surface area contributed by atoms with Crippen LogP contribution in [0.25, 0.3) is 0 Å². The minimum Gasteiger partial charge on any atom is -0.470 e. The van der Waals surface area contributed by atoms with Gasteiger partial charge in [0.05, 0.1) is 0 Å². The Morgan fingerprint density at radius 3 is 2.50 bits per heavy atom. The number of piperidine rings is 1. The van der Waals surface area contributed by atoms with Crippen molar-refractivity contribution in [3.63, 3.8) is 0 Å². The fraction of sp³-hybridized carbons (Fsp3) is 0.941. The molecular formula is C17H31N3O2. The summed E-state index contributed by atoms with van der Waals surface area (Å²) >= 11 is 0. The average Bonchev–Trinajstić information content (AvgIpc) is 2.56. The topological polar surface area (TPSA) is 37.3 Å². The van der Waals surface area contributed by atoms with Crippen LogP contribution in [-0.2, 0) is 9.57 Å². The summed E-state index contributed by atoms with van der Waals surface area (Å²) in [7, 11) is 4.36. The second-order valence-corrected chi connectivity index (χ2v) is 7.30. The van der Waals surface area contributed by atoms with Crippen LogP contribution in [0.2, 0.25) is 0 Å². The fourth-order valence-electron chi connectivity index (χ4n) is 3.94. The molecule has 2 heterocycles. The molecule has 0 unspecified atom stereocenters. The molecule has 1 saturated heterocycles. The lowest BCUT2D eigenvalue weighted by atomic mass is 9.85. The number of hydrogen-bond acceptors (Lipinski definition) is 5. The first-order chi connectivity index (χ1) is 10.7. The number of likely N-dealkylation sites (tertiary alicyclic amines) is 1. The van der Waals surface area contributed by atoms with Gasteiger partial charge < -0.3 is 14.5 Å². The third-order valence-electron chi connectivity index (χ3n) is 5.39. The van der Waals surface area contributed by atoms with Crippen LogP contribution in [0.3, 0.4) is 0 Å². The van der Waals surface area contributed by atoms with E-state index >= 15 is 0 Å². The predicted molar refractivity (Wildman–Crippen MR) is 88.0 cm³/mol. The van der Waals surface area contributed by atoms with Crippen LogP contribution in [0.4, 0.5) is 0 Å². The van der Waals surface area contributed by atoms with Gasteiger partial charge in [-0.1, -0.05) is 11.6 Å². The van der Waals surface area contributed by atoms with E-state index in [1.54, 1.807) is 0 Å². The molecule has 0 amide bonds. The number of ether oxygens (including phenoxy) is 1. The highest BCUT2D eigenvalue weighted by Gasteiger charge is 2.31. The maximum atomic E-state index is 6.19. The Bertz CT molecular complexity index is 372. The normalized spacial score (nSPS) is 34.0. The minimum atomic E-state index is 0.164. The van der Waals surface area contributed by atoms with Crippen molar-refractivity contribution in [2.75, 3.05) is 40.3 Å². The molecule has 0 spiro atoms. The first-order valence-electron chi connectivity index (χ1n) is 8.97. The summed E-state index contributed by atoms with van der Waals surface area (Å²) in [5.41, 5.74) is 0. The predicted octanol–water partition coefficient (Wildman–Crippen LogP) is 2.32. The van der Waals surface area contributed by atoms with Gasteiger partial charge in [-0.25, -0.2) is 0 Å². The van der Waals surface area contributed by atoms with Crippen molar-refractivity contribution >= 4 is 5.90 Å². The molecule has 3 rings (SSSR count). The van der Waals surface area contributed by atoms with Crippen LogP contribution >= 0.6 is 0 Å². The van der Waals surface area contributed by atoms with E-state index in [-0.39, 0.29) is 6.10 Å². The van der Waals surface area contributed by atoms with Crippen LogP contribution in [-0.4, -0.2) is 68.2 Å². The molecule has 22 heavy (non-hydrogen) atoms. The van der Waals surface area contributed by atoms with E-state index in [1.807, 2.05) is 0 Å². The van der Waals surface area contributed by atoms with E-state index < -0.39 is 0 Å². The highest BCUT2D eigenvalue weighted by molar-refractivity contribution is 5.78. The quantitative estimate of drug-likeness (QED) is 0.799. The summed E-state index contributed by atoms with van der Waals surface area (Å²) in [5, 5.41) is 4.23. The van der Waals surface area contributed by atoms with Crippen LogP contribution in [0.5, 0.6) is 0 Å². The van der Waals surface area contributed by atoms with E-state index in [4.69, 9.17) is 9.57 Å². The van der Waals surface area contributed by atoms with Gasteiger partial charge in [0.15, 0.2) is 6.61 Å². The number of hydrogen-bond donors (Lipinski definition) is 0. The molecule has 0 aromatic rings. The molecule has 0 aromatic heterocycles. The summed E-state index contributed by atoms with van der Waals surface area (Å²) in [5.74, 6) is 1.32. The molecule has 3 aliphatic rings. The molecule has 0 N–H and O–H groups in total. The van der Waals surface area contributed by atoms with E-state index in [9.17, 15) is 0 Å². The van der Waals surface area contributed by atoms with Crippen molar-refractivity contribution < 1.29 is 9.57 Å². The zero-order valence-corrected chi connectivity index (χ0v) is 14.2. The van der Waals surface area contributed by atoms with Crippen LogP contribution in [0.15, 0.2) is 5.16 Å². The van der Waals surface area contributed by atoms with Crippen LogP contribution < -0.4 is 0 Å². The Hall–Kier alpha value is -0.810. The standard InChI is InChI=1S/C17H31N3O2/c1-19(2)15-8-6-14(7-9-15)17-18-21-13-16(22-17)12-20-10-4-3-5-11-20/h14-16H,3-13H2,1-2H3/t14?,15?,16-/m1/s1. The summed E-state index contributed by atoms with van der Waals surface area (Å²) in [6.45, 7) is 4.01. The molecule has 2 aliphatic heterocycles. The average molecular weight is 309 g/mol. The summed E-state index contributed by atoms with van der Waals surface area (Å²) < 4.78 is 6.19. The van der Waals surface area contributed by atoms with Gasteiger partial charge in [-0.15, -0.1) is 0 Å². The van der Waals surface area contributed by atoms with Gasteiger partial charge in [0, 0.05) is 18.5 Å². The largest absolute Gasteiger partial charge is 0.470 e. The van der Waals surface area contributed by atoms with Crippen molar-refractivity contribution in [1.82, 2.24) is 9.80 Å². The first-order valence-corrected chi connectivity index (χ1v) is 8.97. The smallest absolute Gasteiger partial charge is 0.229 e. The monoisotopic (exact) mass is 309 g/mol. The van der Waals surface area contributed by atoms with Gasteiger partial charge in [-0.2, -0.15) is 0 Å². The molecule has 2 fully saturated rings. The fourth-order valence-corrected chi connectivity index (χ4v) is 3.94. The Kier molecular flexibility index (Phi) is 5.58. The van der Waals surface area contributed by atoms with Crippen LogP contribution in [0, 0.1) is 5.92 Å². The molecule has 0 bridgehead atoms. The number of rotatable bonds is 4. The maximum absolute atomic E-state index is 6.19.